The molecule has 0 N–H and O–H groups in total. The highest BCUT2D eigenvalue weighted by Crippen LogP contribution is 2.36. The Morgan fingerprint density at radius 2 is 1.30 bits per heavy atom. The van der Waals surface area contributed by atoms with Crippen LogP contribution in [-0.2, 0) is 6.42 Å². The van der Waals surface area contributed by atoms with Crippen molar-refractivity contribution in [3.63, 3.8) is 0 Å². The summed E-state index contributed by atoms with van der Waals surface area (Å²) in [4.78, 5) is 0. The number of rotatable bonds is 3. The van der Waals surface area contributed by atoms with Crippen LogP contribution in [-0.4, -0.2) is 0 Å². The Hall–Kier alpha value is -2.92. The van der Waals surface area contributed by atoms with Crippen LogP contribution in [0.1, 0.15) is 12.5 Å². The molecule has 0 spiro atoms. The summed E-state index contributed by atoms with van der Waals surface area (Å²) in [6, 6.07) is 11.8. The van der Waals surface area contributed by atoms with Crippen molar-refractivity contribution in [1.29, 1.82) is 0 Å². The molecule has 0 unspecified atom stereocenters. The van der Waals surface area contributed by atoms with Gasteiger partial charge in [-0.1, -0.05) is 48.9 Å². The van der Waals surface area contributed by atoms with Gasteiger partial charge < -0.3 is 0 Å². The van der Waals surface area contributed by atoms with Gasteiger partial charge in [-0.2, -0.15) is 0 Å². The number of benzene rings is 4. The molecule has 0 atom stereocenters. The molecule has 4 aromatic rings. The zero-order valence-electron chi connectivity index (χ0n) is 15.7. The van der Waals surface area contributed by atoms with Crippen LogP contribution < -0.4 is 0 Å². The lowest BCUT2D eigenvalue weighted by molar-refractivity contribution is 0.579. The van der Waals surface area contributed by atoms with Gasteiger partial charge in [0.2, 0.25) is 0 Å². The van der Waals surface area contributed by atoms with Crippen molar-refractivity contribution >= 4 is 22.4 Å². The second-order valence-corrected chi connectivity index (χ2v) is 7.28. The third-order valence-corrected chi connectivity index (χ3v) is 5.41. The lowest BCUT2D eigenvalue weighted by Crippen LogP contribution is -1.96. The van der Waals surface area contributed by atoms with Crippen LogP contribution in [0.2, 0.25) is 5.02 Å². The highest BCUT2D eigenvalue weighted by atomic mass is 35.5. The fourth-order valence-corrected chi connectivity index (χ4v) is 3.60. The smallest absolute Gasteiger partial charge is 0.145 e. The summed E-state index contributed by atoms with van der Waals surface area (Å²) in [5.74, 6) is -5.03. The summed E-state index contributed by atoms with van der Waals surface area (Å²) in [6.45, 7) is 1.98. The third-order valence-electron chi connectivity index (χ3n) is 5.05. The lowest BCUT2D eigenvalue weighted by atomic mass is 9.96. The average molecular weight is 433 g/mol. The van der Waals surface area contributed by atoms with E-state index < -0.39 is 39.7 Å². The van der Waals surface area contributed by atoms with E-state index >= 15 is 4.39 Å². The minimum Gasteiger partial charge on any atom is -0.206 e. The second-order valence-electron chi connectivity index (χ2n) is 6.90. The maximum Gasteiger partial charge on any atom is 0.145 e. The van der Waals surface area contributed by atoms with E-state index in [9.17, 15) is 17.6 Å². The standard InChI is InChI=1S/C24H14ClF5/c1-2-12-3-5-16-13(7-12)4-6-17(24(16)30)14-8-18(26)22(19(27)9-14)15-10-20(28)23(25)21(29)11-15/h3-11H,2H2,1H3. The minimum atomic E-state index is -1.14. The van der Waals surface area contributed by atoms with E-state index in [2.05, 4.69) is 0 Å². The number of halogens is 6. The summed E-state index contributed by atoms with van der Waals surface area (Å²) in [5.41, 5.74) is 0.0646. The van der Waals surface area contributed by atoms with E-state index in [1.165, 1.54) is 6.07 Å². The van der Waals surface area contributed by atoms with Crippen molar-refractivity contribution in [2.45, 2.75) is 13.3 Å². The second kappa shape index (κ2) is 7.73. The van der Waals surface area contributed by atoms with Crippen molar-refractivity contribution in [1.82, 2.24) is 0 Å². The van der Waals surface area contributed by atoms with E-state index in [1.807, 2.05) is 13.0 Å². The molecule has 0 radical (unpaired) electrons. The van der Waals surface area contributed by atoms with E-state index in [4.69, 9.17) is 11.6 Å². The zero-order chi connectivity index (χ0) is 21.6. The molecule has 30 heavy (non-hydrogen) atoms. The lowest BCUT2D eigenvalue weighted by Gasteiger charge is -2.12. The highest BCUT2D eigenvalue weighted by molar-refractivity contribution is 6.31. The maximum absolute atomic E-state index is 15.1. The number of aryl methyl sites for hydroxylation is 1. The molecular weight excluding hydrogens is 419 g/mol. The molecule has 0 aromatic heterocycles. The molecule has 0 nitrogen and oxygen atoms in total. The first-order valence-electron chi connectivity index (χ1n) is 9.15. The molecule has 0 aliphatic carbocycles. The quantitative estimate of drug-likeness (QED) is 0.227. The Kier molecular flexibility index (Phi) is 5.24. The summed E-state index contributed by atoms with van der Waals surface area (Å²) in [6.07, 6.45) is 0.795. The van der Waals surface area contributed by atoms with Crippen molar-refractivity contribution in [3.8, 4) is 22.3 Å². The van der Waals surface area contributed by atoms with Gasteiger partial charge in [0, 0.05) is 10.9 Å². The Labute approximate surface area is 174 Å². The first-order valence-corrected chi connectivity index (χ1v) is 9.53. The van der Waals surface area contributed by atoms with E-state index in [1.54, 1.807) is 18.2 Å². The largest absolute Gasteiger partial charge is 0.206 e. The van der Waals surface area contributed by atoms with Gasteiger partial charge in [-0.25, -0.2) is 22.0 Å². The summed E-state index contributed by atoms with van der Waals surface area (Å²) in [7, 11) is 0. The van der Waals surface area contributed by atoms with Gasteiger partial charge in [-0.15, -0.1) is 0 Å². The Bertz CT molecular complexity index is 1250. The van der Waals surface area contributed by atoms with Crippen LogP contribution in [0.5, 0.6) is 0 Å². The van der Waals surface area contributed by atoms with Crippen LogP contribution in [0.4, 0.5) is 22.0 Å². The molecule has 0 fully saturated rings. The van der Waals surface area contributed by atoms with E-state index in [-0.39, 0.29) is 16.7 Å². The normalized spacial score (nSPS) is 11.3. The van der Waals surface area contributed by atoms with Gasteiger partial charge in [-0.05, 0) is 52.8 Å². The molecule has 0 saturated heterocycles. The van der Waals surface area contributed by atoms with Crippen LogP contribution in [0.25, 0.3) is 33.0 Å². The van der Waals surface area contributed by atoms with Crippen LogP contribution in [0.3, 0.4) is 0 Å². The average Bonchev–Trinajstić information content (AvgIpc) is 2.71. The summed E-state index contributed by atoms with van der Waals surface area (Å²) in [5, 5.41) is 0.248. The summed E-state index contributed by atoms with van der Waals surface area (Å²) < 4.78 is 72.0. The maximum atomic E-state index is 15.1. The molecule has 0 amide bonds. The molecule has 0 heterocycles. The van der Waals surface area contributed by atoms with Gasteiger partial charge >= 0.3 is 0 Å². The van der Waals surface area contributed by atoms with Gasteiger partial charge in [0.05, 0.1) is 5.56 Å². The molecule has 0 bridgehead atoms. The van der Waals surface area contributed by atoms with Crippen LogP contribution in [0.15, 0.2) is 54.6 Å². The molecule has 6 heteroatoms. The van der Waals surface area contributed by atoms with Gasteiger partial charge in [0.1, 0.15) is 34.1 Å². The number of hydrogen-bond acceptors (Lipinski definition) is 0. The van der Waals surface area contributed by atoms with Crippen molar-refractivity contribution in [2.24, 2.45) is 0 Å². The predicted octanol–water partition coefficient (Wildman–Crippen LogP) is 8.09. The van der Waals surface area contributed by atoms with Gasteiger partial charge in [-0.3, -0.25) is 0 Å². The zero-order valence-corrected chi connectivity index (χ0v) is 16.4. The predicted molar refractivity (Wildman–Crippen MR) is 109 cm³/mol. The van der Waals surface area contributed by atoms with Crippen molar-refractivity contribution in [2.75, 3.05) is 0 Å². The Morgan fingerprint density at radius 3 is 1.90 bits per heavy atom. The summed E-state index contributed by atoms with van der Waals surface area (Å²) >= 11 is 5.43. The number of hydrogen-bond donors (Lipinski definition) is 0. The minimum absolute atomic E-state index is 0.0181. The van der Waals surface area contributed by atoms with Gasteiger partial charge in [0.25, 0.3) is 0 Å². The monoisotopic (exact) mass is 432 g/mol. The Balaban J connectivity index is 1.85. The molecular formula is C24H14ClF5. The molecule has 152 valence electrons. The molecule has 0 aliphatic heterocycles. The molecule has 4 rings (SSSR count). The van der Waals surface area contributed by atoms with E-state index in [0.29, 0.717) is 10.8 Å². The third kappa shape index (κ3) is 3.43. The molecule has 4 aromatic carbocycles. The van der Waals surface area contributed by atoms with Crippen LogP contribution >= 0.6 is 11.6 Å². The molecule has 0 saturated carbocycles. The van der Waals surface area contributed by atoms with E-state index in [0.717, 1.165) is 36.2 Å². The van der Waals surface area contributed by atoms with Crippen molar-refractivity contribution < 1.29 is 22.0 Å². The van der Waals surface area contributed by atoms with Crippen molar-refractivity contribution in [3.05, 3.63) is 94.3 Å². The SMILES string of the molecule is CCc1ccc2c(F)c(-c3cc(F)c(-c4cc(F)c(Cl)c(F)c4)c(F)c3)ccc2c1. The fourth-order valence-electron chi connectivity index (χ4n) is 3.49. The van der Waals surface area contributed by atoms with Gasteiger partial charge in [0.15, 0.2) is 0 Å². The molecule has 0 aliphatic rings. The topological polar surface area (TPSA) is 0 Å². The fraction of sp³-hybridized carbons (Fsp3) is 0.0833. The first-order chi connectivity index (χ1) is 14.3. The first kappa shape index (κ1) is 20.4. The number of fused-ring (bicyclic) bond motifs is 1. The van der Waals surface area contributed by atoms with Crippen LogP contribution in [0, 0.1) is 29.1 Å². The Morgan fingerprint density at radius 1 is 0.700 bits per heavy atom. The highest BCUT2D eigenvalue weighted by Gasteiger charge is 2.19.